The highest BCUT2D eigenvalue weighted by molar-refractivity contribution is 5.92. The highest BCUT2D eigenvalue weighted by Gasteiger charge is 2.40. The highest BCUT2D eigenvalue weighted by Crippen LogP contribution is 2.30. The SMILES string of the molecule is Cc1cc(F)ccc1-n1ccc(C(=O)NCC2(C(=O)O)CCOCC2)n1. The zero-order valence-electron chi connectivity index (χ0n) is 14.4. The van der Waals surface area contributed by atoms with Crippen LogP contribution in [0.15, 0.2) is 30.5 Å². The van der Waals surface area contributed by atoms with Crippen molar-refractivity contribution in [3.63, 3.8) is 0 Å². The lowest BCUT2D eigenvalue weighted by atomic mass is 9.80. The molecule has 2 N–H and O–H groups in total. The minimum absolute atomic E-state index is 0.0208. The van der Waals surface area contributed by atoms with Gasteiger partial charge in [-0.15, -0.1) is 0 Å². The third kappa shape index (κ3) is 3.60. The maximum atomic E-state index is 13.2. The second kappa shape index (κ2) is 7.25. The summed E-state index contributed by atoms with van der Waals surface area (Å²) in [6, 6.07) is 5.83. The summed E-state index contributed by atoms with van der Waals surface area (Å²) in [7, 11) is 0. The summed E-state index contributed by atoms with van der Waals surface area (Å²) >= 11 is 0. The maximum Gasteiger partial charge on any atom is 0.311 e. The van der Waals surface area contributed by atoms with Gasteiger partial charge in [0.2, 0.25) is 0 Å². The smallest absolute Gasteiger partial charge is 0.311 e. The number of aromatic nitrogens is 2. The number of hydrogen-bond acceptors (Lipinski definition) is 4. The molecule has 0 radical (unpaired) electrons. The highest BCUT2D eigenvalue weighted by atomic mass is 19.1. The molecule has 7 nitrogen and oxygen atoms in total. The molecule has 1 amide bonds. The van der Waals surface area contributed by atoms with Crippen LogP contribution in [-0.2, 0) is 9.53 Å². The van der Waals surface area contributed by atoms with Gasteiger partial charge in [0, 0.05) is 26.0 Å². The van der Waals surface area contributed by atoms with E-state index in [2.05, 4.69) is 10.4 Å². The van der Waals surface area contributed by atoms with E-state index in [4.69, 9.17) is 4.74 Å². The zero-order chi connectivity index (χ0) is 18.7. The Bertz CT molecular complexity index is 828. The van der Waals surface area contributed by atoms with Crippen molar-refractivity contribution in [2.45, 2.75) is 19.8 Å². The average molecular weight is 361 g/mol. The molecule has 1 aromatic carbocycles. The Labute approximate surface area is 149 Å². The van der Waals surface area contributed by atoms with Crippen molar-refractivity contribution >= 4 is 11.9 Å². The number of aliphatic carboxylic acids is 1. The molecular weight excluding hydrogens is 341 g/mol. The molecule has 3 rings (SSSR count). The first-order valence-corrected chi connectivity index (χ1v) is 8.33. The first-order valence-electron chi connectivity index (χ1n) is 8.33. The van der Waals surface area contributed by atoms with E-state index >= 15 is 0 Å². The lowest BCUT2D eigenvalue weighted by Crippen LogP contribution is -2.46. The minimum atomic E-state index is -1.01. The summed E-state index contributed by atoms with van der Waals surface area (Å²) in [6.45, 7) is 2.50. The summed E-state index contributed by atoms with van der Waals surface area (Å²) in [5, 5.41) is 16.4. The fourth-order valence-electron chi connectivity index (χ4n) is 3.02. The Kier molecular flexibility index (Phi) is 5.03. The summed E-state index contributed by atoms with van der Waals surface area (Å²) in [6.07, 6.45) is 2.31. The largest absolute Gasteiger partial charge is 0.481 e. The van der Waals surface area contributed by atoms with Crippen LogP contribution in [0, 0.1) is 18.2 Å². The first-order chi connectivity index (χ1) is 12.4. The van der Waals surface area contributed by atoms with Crippen LogP contribution in [0.25, 0.3) is 5.69 Å². The molecule has 2 aromatic rings. The molecule has 26 heavy (non-hydrogen) atoms. The molecule has 1 aliphatic rings. The Morgan fingerprint density at radius 1 is 1.35 bits per heavy atom. The molecule has 1 fully saturated rings. The number of ether oxygens (including phenoxy) is 1. The monoisotopic (exact) mass is 361 g/mol. The van der Waals surface area contributed by atoms with Crippen LogP contribution in [0.2, 0.25) is 0 Å². The predicted molar refractivity (Wildman–Crippen MR) is 90.7 cm³/mol. The van der Waals surface area contributed by atoms with E-state index in [1.165, 1.54) is 22.9 Å². The van der Waals surface area contributed by atoms with Crippen LogP contribution < -0.4 is 5.32 Å². The molecule has 1 aromatic heterocycles. The Morgan fingerprint density at radius 3 is 2.73 bits per heavy atom. The predicted octanol–water partition coefficient (Wildman–Crippen LogP) is 1.93. The number of nitrogens with zero attached hydrogens (tertiary/aromatic N) is 2. The lowest BCUT2D eigenvalue weighted by Gasteiger charge is -2.32. The second-order valence-corrected chi connectivity index (χ2v) is 6.46. The van der Waals surface area contributed by atoms with Crippen molar-refractivity contribution in [2.24, 2.45) is 5.41 Å². The quantitative estimate of drug-likeness (QED) is 0.849. The Morgan fingerprint density at radius 2 is 2.08 bits per heavy atom. The topological polar surface area (TPSA) is 93.5 Å². The van der Waals surface area contributed by atoms with Gasteiger partial charge >= 0.3 is 5.97 Å². The number of rotatable bonds is 5. The van der Waals surface area contributed by atoms with E-state index in [1.54, 1.807) is 19.2 Å². The molecule has 2 heterocycles. The average Bonchev–Trinajstić information content (AvgIpc) is 3.10. The van der Waals surface area contributed by atoms with Gasteiger partial charge in [-0.1, -0.05) is 0 Å². The van der Waals surface area contributed by atoms with E-state index in [0.717, 1.165) is 0 Å². The fraction of sp³-hybridized carbons (Fsp3) is 0.389. The van der Waals surface area contributed by atoms with Crippen LogP contribution >= 0.6 is 0 Å². The lowest BCUT2D eigenvalue weighted by molar-refractivity contribution is -0.154. The van der Waals surface area contributed by atoms with Gasteiger partial charge < -0.3 is 15.2 Å². The summed E-state index contributed by atoms with van der Waals surface area (Å²) in [5.41, 5.74) is 0.509. The molecule has 1 saturated heterocycles. The molecule has 8 heteroatoms. The third-order valence-corrected chi connectivity index (χ3v) is 4.72. The minimum Gasteiger partial charge on any atom is -0.481 e. The van der Waals surface area contributed by atoms with Gasteiger partial charge in [0.15, 0.2) is 5.69 Å². The number of benzene rings is 1. The molecule has 0 spiro atoms. The molecule has 0 atom stereocenters. The van der Waals surface area contributed by atoms with Gasteiger partial charge in [0.25, 0.3) is 5.91 Å². The van der Waals surface area contributed by atoms with Crippen LogP contribution in [-0.4, -0.2) is 46.5 Å². The van der Waals surface area contributed by atoms with Gasteiger partial charge in [0.1, 0.15) is 5.82 Å². The van der Waals surface area contributed by atoms with Gasteiger partial charge in [-0.2, -0.15) is 5.10 Å². The number of halogens is 1. The van der Waals surface area contributed by atoms with Crippen molar-refractivity contribution < 1.29 is 23.8 Å². The summed E-state index contributed by atoms with van der Waals surface area (Å²) in [4.78, 5) is 24.0. The number of hydrogen-bond donors (Lipinski definition) is 2. The fourth-order valence-corrected chi connectivity index (χ4v) is 3.02. The number of carbonyl (C=O) groups is 2. The number of aryl methyl sites for hydroxylation is 1. The molecule has 138 valence electrons. The molecule has 0 saturated carbocycles. The van der Waals surface area contributed by atoms with E-state index in [-0.39, 0.29) is 18.1 Å². The second-order valence-electron chi connectivity index (χ2n) is 6.46. The van der Waals surface area contributed by atoms with Crippen molar-refractivity contribution in [1.29, 1.82) is 0 Å². The van der Waals surface area contributed by atoms with E-state index in [9.17, 15) is 19.1 Å². The van der Waals surface area contributed by atoms with Crippen LogP contribution in [0.4, 0.5) is 4.39 Å². The van der Waals surface area contributed by atoms with Gasteiger partial charge in [-0.25, -0.2) is 9.07 Å². The number of amides is 1. The van der Waals surface area contributed by atoms with Crippen molar-refractivity contribution in [3.8, 4) is 5.69 Å². The molecule has 0 bridgehead atoms. The number of nitrogens with one attached hydrogen (secondary N) is 1. The Hall–Kier alpha value is -2.74. The van der Waals surface area contributed by atoms with Gasteiger partial charge in [-0.3, -0.25) is 9.59 Å². The van der Waals surface area contributed by atoms with Gasteiger partial charge in [-0.05, 0) is 49.6 Å². The van der Waals surface area contributed by atoms with Crippen molar-refractivity contribution in [3.05, 3.63) is 47.5 Å². The third-order valence-electron chi connectivity index (χ3n) is 4.72. The number of carboxylic acid groups (broad SMARTS) is 1. The van der Waals surface area contributed by atoms with Gasteiger partial charge in [0.05, 0.1) is 11.1 Å². The first kappa shape index (κ1) is 18.1. The van der Waals surface area contributed by atoms with Crippen LogP contribution in [0.1, 0.15) is 28.9 Å². The van der Waals surface area contributed by atoms with Crippen LogP contribution in [0.3, 0.4) is 0 Å². The van der Waals surface area contributed by atoms with E-state index in [1.807, 2.05) is 0 Å². The van der Waals surface area contributed by atoms with E-state index in [0.29, 0.717) is 37.3 Å². The maximum absolute atomic E-state index is 13.2. The zero-order valence-corrected chi connectivity index (χ0v) is 14.4. The number of carboxylic acids is 1. The molecule has 1 aliphatic heterocycles. The van der Waals surface area contributed by atoms with Crippen molar-refractivity contribution in [1.82, 2.24) is 15.1 Å². The normalized spacial score (nSPS) is 16.2. The summed E-state index contributed by atoms with van der Waals surface area (Å²) < 4.78 is 19.9. The number of carbonyl (C=O) groups excluding carboxylic acids is 1. The molecule has 0 unspecified atom stereocenters. The molecular formula is C18H20FN3O4. The molecule has 0 aliphatic carbocycles. The van der Waals surface area contributed by atoms with Crippen LogP contribution in [0.5, 0.6) is 0 Å². The van der Waals surface area contributed by atoms with Crippen molar-refractivity contribution in [2.75, 3.05) is 19.8 Å². The summed E-state index contributed by atoms with van der Waals surface area (Å²) in [5.74, 6) is -1.73. The Balaban J connectivity index is 1.71. The standard InChI is InChI=1S/C18H20FN3O4/c1-12-10-13(19)2-3-15(12)22-7-4-14(21-22)16(23)20-11-18(17(24)25)5-8-26-9-6-18/h2-4,7,10H,5-6,8-9,11H2,1H3,(H,20,23)(H,24,25). The van der Waals surface area contributed by atoms with E-state index < -0.39 is 17.3 Å².